The number of unbranched alkanes of at least 4 members (excludes halogenated alkanes) is 2. The van der Waals surface area contributed by atoms with Gasteiger partial charge in [0, 0.05) is 12.6 Å². The highest BCUT2D eigenvalue weighted by Gasteiger charge is 2.20. The lowest BCUT2D eigenvalue weighted by molar-refractivity contribution is 0.0686. The van der Waals surface area contributed by atoms with E-state index in [1.54, 1.807) is 17.0 Å². The maximum absolute atomic E-state index is 12.4. The largest absolute Gasteiger partial charge is 0.477 e. The summed E-state index contributed by atoms with van der Waals surface area (Å²) in [6.07, 6.45) is 3.10. The highest BCUT2D eigenvalue weighted by Crippen LogP contribution is 2.10. The Hall–Kier alpha value is -1.91. The molecular weight excluding hydrogens is 256 g/mol. The van der Waals surface area contributed by atoms with E-state index < -0.39 is 5.97 Å². The standard InChI is InChI=1S/C15H22N2O3/c1-4-5-6-10-17(11(2)3)14(18)12-8-7-9-13(16-12)15(19)20/h7-9,11H,4-6,10H2,1-3H3,(H,19,20). The van der Waals surface area contributed by atoms with E-state index in [1.807, 2.05) is 13.8 Å². The van der Waals surface area contributed by atoms with Gasteiger partial charge >= 0.3 is 5.97 Å². The lowest BCUT2D eigenvalue weighted by Gasteiger charge is -2.26. The fourth-order valence-corrected chi connectivity index (χ4v) is 1.95. The molecule has 0 atom stereocenters. The van der Waals surface area contributed by atoms with Crippen molar-refractivity contribution in [1.82, 2.24) is 9.88 Å². The molecule has 0 aliphatic rings. The van der Waals surface area contributed by atoms with Crippen molar-refractivity contribution in [2.24, 2.45) is 0 Å². The summed E-state index contributed by atoms with van der Waals surface area (Å²) in [5.74, 6) is -1.33. The second-order valence-corrected chi connectivity index (χ2v) is 5.01. The van der Waals surface area contributed by atoms with E-state index in [0.29, 0.717) is 6.54 Å². The summed E-state index contributed by atoms with van der Waals surface area (Å²) in [5.41, 5.74) is 0.0863. The maximum Gasteiger partial charge on any atom is 0.354 e. The first kappa shape index (κ1) is 16.1. The Labute approximate surface area is 119 Å². The van der Waals surface area contributed by atoms with Gasteiger partial charge in [0.15, 0.2) is 0 Å². The molecule has 0 radical (unpaired) electrons. The number of pyridine rings is 1. The Morgan fingerprint density at radius 3 is 2.45 bits per heavy atom. The van der Waals surface area contributed by atoms with Crippen LogP contribution in [0.4, 0.5) is 0 Å². The Morgan fingerprint density at radius 2 is 1.90 bits per heavy atom. The van der Waals surface area contributed by atoms with E-state index in [9.17, 15) is 9.59 Å². The zero-order valence-electron chi connectivity index (χ0n) is 12.3. The van der Waals surface area contributed by atoms with Gasteiger partial charge in [-0.1, -0.05) is 25.8 Å². The molecule has 0 spiro atoms. The van der Waals surface area contributed by atoms with Crippen LogP contribution < -0.4 is 0 Å². The number of carbonyl (C=O) groups excluding carboxylic acids is 1. The molecule has 1 aromatic heterocycles. The third-order valence-electron chi connectivity index (χ3n) is 3.07. The van der Waals surface area contributed by atoms with Gasteiger partial charge in [-0.3, -0.25) is 4.79 Å². The average molecular weight is 278 g/mol. The van der Waals surface area contributed by atoms with Gasteiger partial charge in [0.1, 0.15) is 11.4 Å². The highest BCUT2D eigenvalue weighted by atomic mass is 16.4. The molecule has 0 unspecified atom stereocenters. The number of carboxylic acids is 1. The van der Waals surface area contributed by atoms with Gasteiger partial charge < -0.3 is 10.0 Å². The number of nitrogens with zero attached hydrogens (tertiary/aromatic N) is 2. The van der Waals surface area contributed by atoms with Crippen molar-refractivity contribution >= 4 is 11.9 Å². The van der Waals surface area contributed by atoms with E-state index in [0.717, 1.165) is 19.3 Å². The minimum Gasteiger partial charge on any atom is -0.477 e. The zero-order valence-corrected chi connectivity index (χ0v) is 12.3. The maximum atomic E-state index is 12.4. The molecule has 0 saturated heterocycles. The first-order chi connectivity index (χ1) is 9.47. The van der Waals surface area contributed by atoms with E-state index in [1.165, 1.54) is 6.07 Å². The number of carbonyl (C=O) groups is 2. The van der Waals surface area contributed by atoms with Crippen molar-refractivity contribution < 1.29 is 14.7 Å². The summed E-state index contributed by atoms with van der Waals surface area (Å²) >= 11 is 0. The molecule has 0 fully saturated rings. The Morgan fingerprint density at radius 1 is 1.25 bits per heavy atom. The molecule has 0 bridgehead atoms. The molecule has 0 aliphatic heterocycles. The van der Waals surface area contributed by atoms with Crippen LogP contribution in [-0.4, -0.2) is 39.5 Å². The summed E-state index contributed by atoms with van der Waals surface area (Å²) in [6, 6.07) is 4.56. The second kappa shape index (κ2) is 7.62. The lowest BCUT2D eigenvalue weighted by atomic mass is 10.2. The summed E-state index contributed by atoms with van der Waals surface area (Å²) in [6.45, 7) is 6.68. The first-order valence-corrected chi connectivity index (χ1v) is 6.98. The lowest BCUT2D eigenvalue weighted by Crippen LogP contribution is -2.38. The van der Waals surface area contributed by atoms with Crippen molar-refractivity contribution in [3.63, 3.8) is 0 Å². The third-order valence-corrected chi connectivity index (χ3v) is 3.07. The summed E-state index contributed by atoms with van der Waals surface area (Å²) in [4.78, 5) is 29.0. The smallest absolute Gasteiger partial charge is 0.354 e. The Bertz CT molecular complexity index is 472. The van der Waals surface area contributed by atoms with E-state index in [-0.39, 0.29) is 23.3 Å². The monoisotopic (exact) mass is 278 g/mol. The van der Waals surface area contributed by atoms with Crippen LogP contribution in [0.2, 0.25) is 0 Å². The minimum atomic E-state index is -1.12. The number of rotatable bonds is 7. The second-order valence-electron chi connectivity index (χ2n) is 5.01. The molecule has 1 heterocycles. The normalized spacial score (nSPS) is 10.6. The Kier molecular flexibility index (Phi) is 6.15. The molecule has 20 heavy (non-hydrogen) atoms. The number of hydrogen-bond donors (Lipinski definition) is 1. The molecule has 1 amide bonds. The summed E-state index contributed by atoms with van der Waals surface area (Å²) in [5, 5.41) is 8.92. The van der Waals surface area contributed by atoms with E-state index in [4.69, 9.17) is 5.11 Å². The zero-order chi connectivity index (χ0) is 15.1. The molecule has 0 saturated carbocycles. The predicted molar refractivity (Wildman–Crippen MR) is 76.9 cm³/mol. The number of aromatic nitrogens is 1. The van der Waals surface area contributed by atoms with Gasteiger partial charge in [0.05, 0.1) is 0 Å². The first-order valence-electron chi connectivity index (χ1n) is 6.98. The van der Waals surface area contributed by atoms with Crippen LogP contribution in [0.5, 0.6) is 0 Å². The van der Waals surface area contributed by atoms with Crippen LogP contribution in [0.25, 0.3) is 0 Å². The van der Waals surface area contributed by atoms with Gasteiger partial charge in [0.25, 0.3) is 5.91 Å². The molecule has 5 nitrogen and oxygen atoms in total. The summed E-state index contributed by atoms with van der Waals surface area (Å²) in [7, 11) is 0. The number of carboxylic acid groups (broad SMARTS) is 1. The molecule has 1 aromatic rings. The molecule has 0 aromatic carbocycles. The summed E-state index contributed by atoms with van der Waals surface area (Å²) < 4.78 is 0. The van der Waals surface area contributed by atoms with E-state index in [2.05, 4.69) is 11.9 Å². The molecule has 1 rings (SSSR count). The average Bonchev–Trinajstić information content (AvgIpc) is 2.42. The van der Waals surface area contributed by atoms with Gasteiger partial charge in [-0.2, -0.15) is 0 Å². The topological polar surface area (TPSA) is 70.5 Å². The Balaban J connectivity index is 2.88. The fourth-order valence-electron chi connectivity index (χ4n) is 1.95. The van der Waals surface area contributed by atoms with Crippen molar-refractivity contribution in [2.45, 2.75) is 46.1 Å². The van der Waals surface area contributed by atoms with Gasteiger partial charge in [0.2, 0.25) is 0 Å². The van der Waals surface area contributed by atoms with Crippen molar-refractivity contribution in [3.8, 4) is 0 Å². The minimum absolute atomic E-state index is 0.0645. The third kappa shape index (κ3) is 4.33. The predicted octanol–water partition coefficient (Wildman–Crippen LogP) is 2.82. The highest BCUT2D eigenvalue weighted by molar-refractivity contribution is 5.94. The number of hydrogen-bond acceptors (Lipinski definition) is 3. The molecule has 5 heteroatoms. The fraction of sp³-hybridized carbons (Fsp3) is 0.533. The van der Waals surface area contributed by atoms with Crippen LogP contribution in [0.15, 0.2) is 18.2 Å². The van der Waals surface area contributed by atoms with Crippen LogP contribution in [-0.2, 0) is 0 Å². The van der Waals surface area contributed by atoms with Gasteiger partial charge in [-0.15, -0.1) is 0 Å². The van der Waals surface area contributed by atoms with Crippen LogP contribution in [0.3, 0.4) is 0 Å². The van der Waals surface area contributed by atoms with Gasteiger partial charge in [-0.05, 0) is 32.4 Å². The van der Waals surface area contributed by atoms with Crippen molar-refractivity contribution in [2.75, 3.05) is 6.54 Å². The van der Waals surface area contributed by atoms with Gasteiger partial charge in [-0.25, -0.2) is 9.78 Å². The molecule has 0 aliphatic carbocycles. The molecule has 110 valence electrons. The molecular formula is C15H22N2O3. The van der Waals surface area contributed by atoms with Crippen LogP contribution >= 0.6 is 0 Å². The van der Waals surface area contributed by atoms with Crippen LogP contribution in [0, 0.1) is 0 Å². The molecule has 1 N–H and O–H groups in total. The number of aromatic carboxylic acids is 1. The SMILES string of the molecule is CCCCCN(C(=O)c1cccc(C(=O)O)n1)C(C)C. The van der Waals surface area contributed by atoms with Crippen molar-refractivity contribution in [1.29, 1.82) is 0 Å². The van der Waals surface area contributed by atoms with Crippen molar-refractivity contribution in [3.05, 3.63) is 29.6 Å². The number of amides is 1. The van der Waals surface area contributed by atoms with E-state index >= 15 is 0 Å². The van der Waals surface area contributed by atoms with Crippen LogP contribution in [0.1, 0.15) is 61.0 Å². The quantitative estimate of drug-likeness (QED) is 0.778.